The number of hydrogen-bond donors (Lipinski definition) is 0. The molecule has 2 fully saturated rings. The summed E-state index contributed by atoms with van der Waals surface area (Å²) in [5.74, 6) is -1.40. The number of amides is 3. The first-order valence-corrected chi connectivity index (χ1v) is 10.8. The average Bonchev–Trinajstić information content (AvgIpc) is 3.34. The van der Waals surface area contributed by atoms with Crippen LogP contribution in [0, 0.1) is 0 Å². The highest BCUT2D eigenvalue weighted by Gasteiger charge is 2.57. The molecule has 2 aliphatic rings. The van der Waals surface area contributed by atoms with E-state index < -0.39 is 34.9 Å². The van der Waals surface area contributed by atoms with Gasteiger partial charge in [-0.2, -0.15) is 13.2 Å². The average molecular weight is 450 g/mol. The zero-order chi connectivity index (χ0) is 22.4. The topological polar surface area (TPSA) is 57.7 Å². The molecule has 3 amide bonds. The molecule has 2 aromatic rings. The van der Waals surface area contributed by atoms with E-state index in [9.17, 15) is 27.6 Å². The Bertz CT molecular complexity index is 1020. The first-order chi connectivity index (χ1) is 14.6. The summed E-state index contributed by atoms with van der Waals surface area (Å²) in [6.07, 6.45) is -3.89. The van der Waals surface area contributed by atoms with Crippen molar-refractivity contribution in [3.05, 3.63) is 57.8 Å². The molecule has 1 aliphatic heterocycles. The molecule has 164 valence electrons. The summed E-state index contributed by atoms with van der Waals surface area (Å²) in [5, 5.41) is 1.88. The number of alkyl halides is 3. The van der Waals surface area contributed by atoms with Gasteiger partial charge in [0.05, 0.1) is 17.5 Å². The van der Waals surface area contributed by atoms with Gasteiger partial charge < -0.3 is 4.90 Å². The maximum Gasteiger partial charge on any atom is 0.416 e. The van der Waals surface area contributed by atoms with Crippen LogP contribution < -0.4 is 0 Å². The maximum absolute atomic E-state index is 13.4. The summed E-state index contributed by atoms with van der Waals surface area (Å²) in [5.41, 5.74) is -2.47. The van der Waals surface area contributed by atoms with Crippen molar-refractivity contribution in [3.63, 3.8) is 0 Å². The summed E-state index contributed by atoms with van der Waals surface area (Å²) in [6, 6.07) is 7.95. The number of benzene rings is 1. The fourth-order valence-electron chi connectivity index (χ4n) is 4.04. The van der Waals surface area contributed by atoms with Gasteiger partial charge in [-0.1, -0.05) is 24.3 Å². The normalized spacial score (nSPS) is 21.6. The Hall–Kier alpha value is -2.68. The summed E-state index contributed by atoms with van der Waals surface area (Å²) in [4.78, 5) is 42.7. The van der Waals surface area contributed by atoms with Crippen molar-refractivity contribution in [1.82, 2.24) is 9.80 Å². The molecule has 1 aromatic carbocycles. The maximum atomic E-state index is 13.4. The number of halogens is 3. The Morgan fingerprint density at radius 2 is 1.97 bits per heavy atom. The standard InChI is InChI=1S/C22H21F3N2O3S/c1-26(13-17-6-3-9-31-17)18(28)11-21(12-19(29)27(20(21)30)16-7-8-16)14-4-2-5-15(10-14)22(23,24)25/h2-6,9-10,16H,7-8,11-13H2,1H3/t21-/m0/s1. The van der Waals surface area contributed by atoms with Crippen molar-refractivity contribution >= 4 is 29.1 Å². The molecule has 0 spiro atoms. The van der Waals surface area contributed by atoms with Gasteiger partial charge >= 0.3 is 6.18 Å². The van der Waals surface area contributed by atoms with Gasteiger partial charge in [0.1, 0.15) is 0 Å². The first kappa shape index (κ1) is 21.5. The van der Waals surface area contributed by atoms with Crippen LogP contribution in [-0.2, 0) is 32.5 Å². The van der Waals surface area contributed by atoms with Crippen LogP contribution in [0.25, 0.3) is 0 Å². The molecule has 1 saturated carbocycles. The highest BCUT2D eigenvalue weighted by Crippen LogP contribution is 2.45. The van der Waals surface area contributed by atoms with Gasteiger partial charge in [0, 0.05) is 30.8 Å². The lowest BCUT2D eigenvalue weighted by Gasteiger charge is -2.29. The third kappa shape index (κ3) is 4.11. The van der Waals surface area contributed by atoms with Gasteiger partial charge in [-0.3, -0.25) is 19.3 Å². The van der Waals surface area contributed by atoms with Crippen molar-refractivity contribution in [2.75, 3.05) is 7.05 Å². The van der Waals surface area contributed by atoms with E-state index in [2.05, 4.69) is 0 Å². The number of rotatable bonds is 6. The minimum atomic E-state index is -4.60. The monoisotopic (exact) mass is 450 g/mol. The quantitative estimate of drug-likeness (QED) is 0.626. The highest BCUT2D eigenvalue weighted by molar-refractivity contribution is 7.09. The molecule has 31 heavy (non-hydrogen) atoms. The molecular formula is C22H21F3N2O3S. The SMILES string of the molecule is CN(Cc1cccs1)C(=O)C[C@@]1(c2cccc(C(F)(F)F)c2)CC(=O)N(C2CC2)C1=O. The van der Waals surface area contributed by atoms with Crippen molar-refractivity contribution in [1.29, 1.82) is 0 Å². The number of carbonyl (C=O) groups excluding carboxylic acids is 3. The summed E-state index contributed by atoms with van der Waals surface area (Å²) >= 11 is 1.48. The molecule has 0 radical (unpaired) electrons. The molecule has 0 unspecified atom stereocenters. The number of thiophene rings is 1. The predicted molar refractivity (Wildman–Crippen MR) is 108 cm³/mol. The second-order valence-electron chi connectivity index (χ2n) is 8.14. The number of likely N-dealkylation sites (tertiary alicyclic amines) is 1. The Balaban J connectivity index is 1.69. The van der Waals surface area contributed by atoms with Crippen LogP contribution in [0.15, 0.2) is 41.8 Å². The van der Waals surface area contributed by atoms with Crippen molar-refractivity contribution < 1.29 is 27.6 Å². The second-order valence-corrected chi connectivity index (χ2v) is 9.18. The number of hydrogen-bond acceptors (Lipinski definition) is 4. The molecular weight excluding hydrogens is 429 g/mol. The van der Waals surface area contributed by atoms with Crippen LogP contribution in [0.4, 0.5) is 13.2 Å². The van der Waals surface area contributed by atoms with E-state index in [0.29, 0.717) is 19.4 Å². The van der Waals surface area contributed by atoms with Gasteiger partial charge in [0.25, 0.3) is 0 Å². The summed E-state index contributed by atoms with van der Waals surface area (Å²) < 4.78 is 40.0. The predicted octanol–water partition coefficient (Wildman–Crippen LogP) is 3.97. The van der Waals surface area contributed by atoms with Crippen molar-refractivity contribution in [3.8, 4) is 0 Å². The van der Waals surface area contributed by atoms with Crippen LogP contribution in [0.2, 0.25) is 0 Å². The van der Waals surface area contributed by atoms with Gasteiger partial charge in [-0.05, 0) is 35.9 Å². The first-order valence-electron chi connectivity index (χ1n) is 9.92. The van der Waals surface area contributed by atoms with Gasteiger partial charge in [0.2, 0.25) is 17.7 Å². The van der Waals surface area contributed by atoms with E-state index in [1.54, 1.807) is 7.05 Å². The van der Waals surface area contributed by atoms with Gasteiger partial charge in [0.15, 0.2) is 0 Å². The van der Waals surface area contributed by atoms with E-state index in [1.807, 2.05) is 17.5 Å². The van der Waals surface area contributed by atoms with Gasteiger partial charge in [-0.25, -0.2) is 0 Å². The van der Waals surface area contributed by atoms with E-state index in [0.717, 1.165) is 21.9 Å². The molecule has 9 heteroatoms. The van der Waals surface area contributed by atoms with Crippen LogP contribution in [0.3, 0.4) is 0 Å². The van der Waals surface area contributed by atoms with Crippen molar-refractivity contribution in [2.24, 2.45) is 0 Å². The third-order valence-corrected chi connectivity index (χ3v) is 6.72. The van der Waals surface area contributed by atoms with E-state index in [4.69, 9.17) is 0 Å². The Kier molecular flexibility index (Phi) is 5.41. The molecule has 0 bridgehead atoms. The summed E-state index contributed by atoms with van der Waals surface area (Å²) in [7, 11) is 1.59. The molecule has 1 atom stereocenters. The molecule has 4 rings (SSSR count). The molecule has 0 N–H and O–H groups in total. The number of carbonyl (C=O) groups is 3. The fourth-order valence-corrected chi connectivity index (χ4v) is 4.80. The lowest BCUT2D eigenvalue weighted by atomic mass is 9.75. The zero-order valence-corrected chi connectivity index (χ0v) is 17.6. The molecule has 1 aliphatic carbocycles. The minimum absolute atomic E-state index is 0.0571. The Labute approximate surface area is 181 Å². The zero-order valence-electron chi connectivity index (χ0n) is 16.8. The van der Waals surface area contributed by atoms with E-state index in [-0.39, 0.29) is 24.4 Å². The minimum Gasteiger partial charge on any atom is -0.341 e. The number of imide groups is 1. The molecule has 1 saturated heterocycles. The molecule has 1 aromatic heterocycles. The van der Waals surface area contributed by atoms with Crippen LogP contribution in [-0.4, -0.2) is 40.6 Å². The van der Waals surface area contributed by atoms with E-state index >= 15 is 0 Å². The molecule has 2 heterocycles. The Morgan fingerprint density at radius 3 is 2.58 bits per heavy atom. The largest absolute Gasteiger partial charge is 0.416 e. The van der Waals surface area contributed by atoms with Crippen LogP contribution in [0.5, 0.6) is 0 Å². The third-order valence-electron chi connectivity index (χ3n) is 5.86. The summed E-state index contributed by atoms with van der Waals surface area (Å²) in [6.45, 7) is 0.323. The smallest absolute Gasteiger partial charge is 0.341 e. The second kappa shape index (κ2) is 7.78. The van der Waals surface area contributed by atoms with E-state index in [1.165, 1.54) is 28.4 Å². The molecule has 5 nitrogen and oxygen atoms in total. The lowest BCUT2D eigenvalue weighted by Crippen LogP contribution is -2.43. The van der Waals surface area contributed by atoms with Crippen LogP contribution in [0.1, 0.15) is 41.7 Å². The van der Waals surface area contributed by atoms with Gasteiger partial charge in [-0.15, -0.1) is 11.3 Å². The number of nitrogens with zero attached hydrogens (tertiary/aromatic N) is 2. The van der Waals surface area contributed by atoms with Crippen molar-refractivity contribution in [2.45, 2.75) is 49.9 Å². The van der Waals surface area contributed by atoms with Crippen LogP contribution >= 0.6 is 11.3 Å². The Morgan fingerprint density at radius 1 is 1.23 bits per heavy atom. The highest BCUT2D eigenvalue weighted by atomic mass is 32.1. The lowest BCUT2D eigenvalue weighted by molar-refractivity contribution is -0.143. The fraction of sp³-hybridized carbons (Fsp3) is 0.409.